The molecule has 6 aliphatic heterocycles. The molecule has 9 heterocycles. The molecule has 6 aliphatic rings. The van der Waals surface area contributed by atoms with E-state index in [2.05, 4.69) is 40.9 Å². The van der Waals surface area contributed by atoms with Crippen LogP contribution in [0.1, 0.15) is 51.2 Å². The maximum absolute atomic E-state index is 13.4. The number of amides is 6. The highest BCUT2D eigenvalue weighted by atomic mass is 32.2. The molecule has 524 valence electrons. The third-order valence-electron chi connectivity index (χ3n) is 16.2. The first-order valence-electron chi connectivity index (χ1n) is 29.3. The van der Waals surface area contributed by atoms with Crippen LogP contribution in [-0.4, -0.2) is 262 Å². The number of carboxylic acids is 3. The summed E-state index contributed by atoms with van der Waals surface area (Å²) in [6.07, 6.45) is 6.37. The van der Waals surface area contributed by atoms with Gasteiger partial charge >= 0.3 is 36.2 Å². The lowest BCUT2D eigenvalue weighted by atomic mass is 9.94. The number of ether oxygens (including phenoxy) is 3. The maximum Gasteiger partial charge on any atom is 0.413 e. The number of β-lactam (4-membered cyclic amide) rings is 3. The number of likely N-dealkylation sites (N-methyl/N-ethyl adjacent to an activating group) is 1. The zero-order valence-corrected chi connectivity index (χ0v) is 55.1. The summed E-state index contributed by atoms with van der Waals surface area (Å²) >= 11 is 0. The van der Waals surface area contributed by atoms with Crippen molar-refractivity contribution >= 4 is 114 Å². The minimum Gasteiger partial charge on any atom is -0.480 e. The van der Waals surface area contributed by atoms with Crippen LogP contribution in [-0.2, 0) is 72.5 Å². The normalized spacial score (nSPS) is 27.0. The highest BCUT2D eigenvalue weighted by Crippen LogP contribution is 2.52. The Morgan fingerprint density at radius 1 is 0.567 bits per heavy atom. The van der Waals surface area contributed by atoms with E-state index < -0.39 is 152 Å². The van der Waals surface area contributed by atoms with E-state index in [1.807, 2.05) is 18.9 Å². The maximum atomic E-state index is 13.4. The standard InChI is InChI=1S/C21H28N4O7S.2C18H22N6O7S/c1-4-10-24(3)11-9-23-20(29)32-13-21(2)16(19(27)28)25-17(26)15(18(25)33(21,30)31)12-14-7-5-6-8-22-14;1-18(9-31-17(28)23-16(20)22-7-5-19)12(15(26)27)24-13(25)11(14(24)32(18,29)30)8-10-4-2-3-6-21-10;1-18(9-31-17(28)23-7-6-22-16(19)20)12(15(26)27)24-13(25)11(14(24)32(18,29)30)8-10-4-2-3-5-21-10/h5-8,12,16,18H,4,9-11,13H2,1-3H3,(H,23,29)(H,27,28);2-4,6,8,12,14H,5,7,9,19H2,1H3,(H,26,27)(H3,20,22,23,28);2-5,8,12,14H,6-7,9H2,1H3,(H,23,28)(H,26,27)(H4,19,20,22)/b15-12-;2*11-8-/t16-,18+,21-;2*12-,14+,18-/m000/s1. The number of hydrogen-bond donors (Lipinski definition) is 10. The number of rotatable bonds is 22. The second-order valence-corrected chi connectivity index (χ2v) is 30.3. The van der Waals surface area contributed by atoms with E-state index in [1.54, 1.807) is 54.6 Å². The number of carboxylic acid groups (broad SMARTS) is 3. The van der Waals surface area contributed by atoms with Crippen molar-refractivity contribution in [1.82, 2.24) is 50.5 Å². The second kappa shape index (κ2) is 29.8. The Hall–Kier alpha value is -10.2. The molecule has 6 saturated heterocycles. The molecule has 0 unspecified atom stereocenters. The lowest BCUT2D eigenvalue weighted by Gasteiger charge is -2.37. The summed E-state index contributed by atoms with van der Waals surface area (Å²) in [5.74, 6) is -7.21. The van der Waals surface area contributed by atoms with Crippen LogP contribution in [0.2, 0.25) is 0 Å². The van der Waals surface area contributed by atoms with Gasteiger partial charge in [-0.1, -0.05) is 25.1 Å². The van der Waals surface area contributed by atoms with Gasteiger partial charge in [-0.15, -0.1) is 0 Å². The summed E-state index contributed by atoms with van der Waals surface area (Å²) in [7, 11) is -11.0. The average molecular weight is 1410 g/mol. The lowest BCUT2D eigenvalue weighted by molar-refractivity contribution is -0.153. The predicted octanol–water partition coefficient (Wildman–Crippen LogP) is -3.11. The third kappa shape index (κ3) is 14.7. The van der Waals surface area contributed by atoms with Gasteiger partial charge in [0.25, 0.3) is 17.7 Å². The van der Waals surface area contributed by atoms with Gasteiger partial charge in [0.05, 0.1) is 46.9 Å². The number of sulfone groups is 3. The van der Waals surface area contributed by atoms with Gasteiger partial charge < -0.3 is 82.7 Å². The van der Waals surface area contributed by atoms with Crippen molar-refractivity contribution in [1.29, 1.82) is 0 Å². The van der Waals surface area contributed by atoms with Crippen LogP contribution in [0.25, 0.3) is 18.2 Å². The molecule has 97 heavy (non-hydrogen) atoms. The van der Waals surface area contributed by atoms with Crippen LogP contribution in [0, 0.1) is 0 Å². The lowest BCUT2D eigenvalue weighted by Crippen LogP contribution is -2.59. The fourth-order valence-electron chi connectivity index (χ4n) is 11.3. The van der Waals surface area contributed by atoms with Gasteiger partial charge in [0.1, 0.15) is 34.1 Å². The summed E-state index contributed by atoms with van der Waals surface area (Å²) in [5, 5.41) is 31.7. The molecular weight excluding hydrogens is 1340 g/mol. The Labute approximate surface area is 554 Å². The predicted molar refractivity (Wildman–Crippen MR) is 342 cm³/mol. The highest BCUT2D eigenvalue weighted by Gasteiger charge is 2.75. The Bertz CT molecular complexity index is 4090. The average Bonchev–Trinajstić information content (AvgIpc) is 1.54. The first-order valence-corrected chi connectivity index (χ1v) is 34.0. The van der Waals surface area contributed by atoms with E-state index in [0.717, 1.165) is 41.5 Å². The van der Waals surface area contributed by atoms with Gasteiger partial charge in [-0.05, 0) is 95.4 Å². The van der Waals surface area contributed by atoms with Crippen molar-refractivity contribution in [2.75, 3.05) is 72.7 Å². The van der Waals surface area contributed by atoms with Crippen molar-refractivity contribution in [3.63, 3.8) is 0 Å². The van der Waals surface area contributed by atoms with Gasteiger partial charge in [0, 0.05) is 44.8 Å². The van der Waals surface area contributed by atoms with E-state index in [-0.39, 0.29) is 61.4 Å². The highest BCUT2D eigenvalue weighted by molar-refractivity contribution is 7.95. The largest absolute Gasteiger partial charge is 0.480 e. The van der Waals surface area contributed by atoms with Crippen molar-refractivity contribution < 1.29 is 97.9 Å². The summed E-state index contributed by atoms with van der Waals surface area (Å²) in [4.78, 5) is 134. The number of carbonyl (C=O) groups excluding carboxylic acids is 6. The van der Waals surface area contributed by atoms with Gasteiger partial charge in [-0.3, -0.25) is 44.6 Å². The number of hydrogen-bond acceptors (Lipinski definition) is 25. The van der Waals surface area contributed by atoms with Crippen LogP contribution in [0.5, 0.6) is 0 Å². The molecule has 0 aliphatic carbocycles. The molecule has 37 nitrogen and oxygen atoms in total. The molecule has 9 rings (SSSR count). The van der Waals surface area contributed by atoms with E-state index in [4.69, 9.17) is 37.1 Å². The molecule has 40 heteroatoms. The SMILES string of the molecule is CCCN(C)CCNC(=O)OC[C@@]1(C)[C@H](C(=O)O)N2C(=O)/C(=C/c3ccccn3)[C@H]2S1(=O)=O.C[C@]1(COC(=O)NC(N)=NCCN)[C@H](C(=O)O)N2C(=O)/C(=C/c3ccccn3)[C@H]2S1(=O)=O.C[C@]1(COC(=O)NCCN=C(N)N)[C@H](C(=O)O)N2C(=O)/C(=C/c3ccccn3)[C@H]2S1(=O)=O. The van der Waals surface area contributed by atoms with Crippen molar-refractivity contribution in [2.24, 2.45) is 32.9 Å². The number of nitrogens with zero attached hydrogens (tertiary/aromatic N) is 9. The minimum absolute atomic E-state index is 0.00670. The Balaban J connectivity index is 0.000000205. The molecule has 0 bridgehead atoms. The summed E-state index contributed by atoms with van der Waals surface area (Å²) in [6.45, 7) is 5.26. The van der Waals surface area contributed by atoms with E-state index >= 15 is 0 Å². The Morgan fingerprint density at radius 2 is 0.918 bits per heavy atom. The number of fused-ring (bicyclic) bond motifs is 3. The van der Waals surface area contributed by atoms with Crippen LogP contribution >= 0.6 is 0 Å². The number of carbonyl (C=O) groups is 9. The zero-order chi connectivity index (χ0) is 71.8. The smallest absolute Gasteiger partial charge is 0.413 e. The first kappa shape index (κ1) is 74.2. The van der Waals surface area contributed by atoms with Gasteiger partial charge in [0.15, 0.2) is 75.7 Å². The van der Waals surface area contributed by atoms with Gasteiger partial charge in [0.2, 0.25) is 0 Å². The number of alkyl carbamates (subject to hydrolysis) is 3. The zero-order valence-electron chi connectivity index (χ0n) is 52.7. The summed E-state index contributed by atoms with van der Waals surface area (Å²) < 4.78 is 88.9. The molecule has 0 spiro atoms. The van der Waals surface area contributed by atoms with Crippen LogP contribution in [0.3, 0.4) is 0 Å². The Kier molecular flexibility index (Phi) is 22.8. The third-order valence-corrected chi connectivity index (χ3v) is 24.4. The summed E-state index contributed by atoms with van der Waals surface area (Å²) in [5.41, 5.74) is 21.9. The number of nitrogens with two attached hydrogens (primary N) is 4. The monoisotopic (exact) mass is 1410 g/mol. The van der Waals surface area contributed by atoms with Crippen molar-refractivity contribution in [3.05, 3.63) is 107 Å². The Morgan fingerprint density at radius 3 is 1.23 bits per heavy atom. The quantitative estimate of drug-likeness (QED) is 0.0119. The molecule has 6 amide bonds. The fraction of sp³-hybridized carbons (Fsp3) is 0.439. The molecule has 9 atom stereocenters. The first-order chi connectivity index (χ1) is 45.6. The topological polar surface area (TPSA) is 561 Å². The molecule has 3 aromatic heterocycles. The van der Waals surface area contributed by atoms with Crippen LogP contribution in [0.15, 0.2) is 99.9 Å². The molecule has 0 saturated carbocycles. The number of pyridine rings is 3. The fourth-order valence-corrected chi connectivity index (χ4v) is 18.2. The second-order valence-electron chi connectivity index (χ2n) is 22.9. The number of guanidine groups is 2. The van der Waals surface area contributed by atoms with Gasteiger partial charge in [-0.25, -0.2) is 54.0 Å². The van der Waals surface area contributed by atoms with E-state index in [0.29, 0.717) is 23.6 Å². The summed E-state index contributed by atoms with van der Waals surface area (Å²) in [6, 6.07) is 9.53. The van der Waals surface area contributed by atoms with Crippen molar-refractivity contribution in [3.8, 4) is 0 Å². The minimum atomic E-state index is -4.32. The number of aliphatic imine (C=N–C) groups is 2. The van der Waals surface area contributed by atoms with Crippen molar-refractivity contribution in [2.45, 2.75) is 82.6 Å². The molecule has 0 aromatic carbocycles. The van der Waals surface area contributed by atoms with Gasteiger partial charge in [-0.2, -0.15) is 0 Å². The van der Waals surface area contributed by atoms with Crippen LogP contribution in [0.4, 0.5) is 14.4 Å². The van der Waals surface area contributed by atoms with Crippen LogP contribution < -0.4 is 38.9 Å². The molecule has 0 radical (unpaired) electrons. The molecule has 6 fully saturated rings. The molecular formula is C57H72N16O21S3. The molecule has 14 N–H and O–H groups in total. The van der Waals surface area contributed by atoms with E-state index in [9.17, 15) is 83.7 Å². The number of aromatic nitrogens is 3. The number of aliphatic carboxylic acids is 3. The van der Waals surface area contributed by atoms with E-state index in [1.165, 1.54) is 43.7 Å². The number of nitrogens with one attached hydrogen (secondary N) is 3. The molecule has 3 aromatic rings.